The van der Waals surface area contributed by atoms with Crippen LogP contribution in [0.25, 0.3) is 90.9 Å². The van der Waals surface area contributed by atoms with Crippen molar-refractivity contribution in [1.29, 1.82) is 0 Å². The Morgan fingerprint density at radius 3 is 0.719 bits per heavy atom. The van der Waals surface area contributed by atoms with Gasteiger partial charge < -0.3 is 9.97 Å². The Bertz CT molecular complexity index is 3360. The van der Waals surface area contributed by atoms with Gasteiger partial charge in [-0.05, 0) is 72.8 Å². The van der Waals surface area contributed by atoms with E-state index in [0.29, 0.717) is 0 Å². The lowest BCUT2D eigenvalue weighted by molar-refractivity contribution is 0.481. The number of hydrogen-bond acceptors (Lipinski definition) is 10. The zero-order valence-electron chi connectivity index (χ0n) is 32.4. The van der Waals surface area contributed by atoms with Gasteiger partial charge in [0.2, 0.25) is 0 Å². The number of H-pyrrole nitrogens is 2. The average molecular weight is 935 g/mol. The summed E-state index contributed by atoms with van der Waals surface area (Å²) < 4.78 is 145. The number of rotatable bonds is 8. The molecule has 6 N–H and O–H groups in total. The van der Waals surface area contributed by atoms with Crippen molar-refractivity contribution in [3.8, 4) is 44.5 Å². The molecule has 16 nitrogen and oxygen atoms in total. The molecule has 4 aromatic carbocycles. The summed E-state index contributed by atoms with van der Waals surface area (Å²) in [5, 5.41) is 0. The molecule has 0 amide bonds. The van der Waals surface area contributed by atoms with E-state index in [0.717, 1.165) is 0 Å². The maximum Gasteiger partial charge on any atom is 0.295 e. The second-order valence-electron chi connectivity index (χ2n) is 14.4. The van der Waals surface area contributed by atoms with Crippen molar-refractivity contribution in [3.05, 3.63) is 144 Å². The Labute approximate surface area is 365 Å². The fraction of sp³-hybridized carbons (Fsp3) is 0. The van der Waals surface area contributed by atoms with Crippen molar-refractivity contribution in [2.75, 3.05) is 0 Å². The Morgan fingerprint density at radius 2 is 0.516 bits per heavy atom. The van der Waals surface area contributed by atoms with Crippen molar-refractivity contribution < 1.29 is 51.9 Å². The monoisotopic (exact) mass is 934 g/mol. The molecule has 3 aromatic heterocycles. The number of aromatic nitrogens is 4. The van der Waals surface area contributed by atoms with Crippen LogP contribution in [0.4, 0.5) is 0 Å². The summed E-state index contributed by atoms with van der Waals surface area (Å²) in [6, 6.07) is 28.5. The maximum absolute atomic E-state index is 12.9. The highest BCUT2D eigenvalue weighted by Crippen LogP contribution is 2.42. The summed E-state index contributed by atoms with van der Waals surface area (Å²) in [4.78, 5) is 14.3. The van der Waals surface area contributed by atoms with Gasteiger partial charge in [0.25, 0.3) is 40.5 Å². The number of nitrogens with zero attached hydrogens (tertiary/aromatic N) is 2. The van der Waals surface area contributed by atoms with E-state index in [4.69, 9.17) is 9.97 Å². The van der Waals surface area contributed by atoms with E-state index in [1.54, 1.807) is 24.3 Å². The van der Waals surface area contributed by atoms with Crippen LogP contribution in [0.5, 0.6) is 0 Å². The van der Waals surface area contributed by atoms with Crippen LogP contribution in [0.2, 0.25) is 0 Å². The summed E-state index contributed by atoms with van der Waals surface area (Å²) in [6.45, 7) is 0. The fourth-order valence-corrected chi connectivity index (χ4v) is 10.7. The molecule has 0 spiro atoms. The fourth-order valence-electron chi connectivity index (χ4n) is 7.93. The second kappa shape index (κ2) is 15.4. The van der Waals surface area contributed by atoms with Crippen LogP contribution in [0.15, 0.2) is 141 Å². The number of fused-ring (bicyclic) bond motifs is 8. The molecule has 9 rings (SSSR count). The Kier molecular flexibility index (Phi) is 10.2. The summed E-state index contributed by atoms with van der Waals surface area (Å²) in [5.74, 6) is 0. The Hall–Kier alpha value is -6.88. The van der Waals surface area contributed by atoms with Crippen LogP contribution in [0.1, 0.15) is 22.8 Å². The van der Waals surface area contributed by atoms with Gasteiger partial charge in [0, 0.05) is 66.6 Å². The number of aromatic amines is 2. The van der Waals surface area contributed by atoms with Gasteiger partial charge in [-0.1, -0.05) is 72.8 Å². The van der Waals surface area contributed by atoms with Crippen molar-refractivity contribution >= 4 is 86.8 Å². The van der Waals surface area contributed by atoms with E-state index < -0.39 is 60.1 Å². The van der Waals surface area contributed by atoms with Gasteiger partial charge in [0.1, 0.15) is 19.6 Å². The van der Waals surface area contributed by atoms with Gasteiger partial charge in [0.05, 0.1) is 22.8 Å². The summed E-state index contributed by atoms with van der Waals surface area (Å²) in [7, 11) is -19.5. The molecule has 64 heavy (non-hydrogen) atoms. The highest BCUT2D eigenvalue weighted by molar-refractivity contribution is 7.86. The minimum absolute atomic E-state index is 0.0171. The quantitative estimate of drug-likeness (QED) is 0.0782. The zero-order valence-corrected chi connectivity index (χ0v) is 35.7. The Balaban J connectivity index is 1.56. The minimum atomic E-state index is -4.89. The van der Waals surface area contributed by atoms with E-state index >= 15 is 0 Å². The highest BCUT2D eigenvalue weighted by atomic mass is 32.2. The SMILES string of the molecule is O=S(=O)(O)c1ccccc1-c1c2nc(c(-c3ccccc3S(=O)(=O)O)c3ccc([nH]3)c(-c3ccccc3S(=O)(=O)O)c3nc(c(-c4ccccc4S(=O)(=O)O)c4ccc1[nH]4)C=C3)C=C2. The normalized spacial score (nSPS) is 13.1. The third-order valence-corrected chi connectivity index (χ3v) is 14.1. The molecule has 0 saturated heterocycles. The zero-order chi connectivity index (χ0) is 45.3. The molecular weight excluding hydrogens is 905 g/mol. The first-order chi connectivity index (χ1) is 30.3. The van der Waals surface area contributed by atoms with Crippen molar-refractivity contribution in [2.24, 2.45) is 0 Å². The van der Waals surface area contributed by atoms with Gasteiger partial charge in [-0.25, -0.2) is 9.97 Å². The van der Waals surface area contributed by atoms with E-state index in [-0.39, 0.29) is 89.4 Å². The molecule has 2 aliphatic heterocycles. The van der Waals surface area contributed by atoms with Crippen molar-refractivity contribution in [2.45, 2.75) is 19.6 Å². The molecule has 5 heterocycles. The lowest BCUT2D eigenvalue weighted by atomic mass is 10.0. The molecule has 0 aliphatic carbocycles. The van der Waals surface area contributed by atoms with E-state index in [1.807, 2.05) is 0 Å². The number of hydrogen-bond donors (Lipinski definition) is 6. The van der Waals surface area contributed by atoms with Gasteiger partial charge in [-0.15, -0.1) is 0 Å². The predicted molar refractivity (Wildman–Crippen MR) is 240 cm³/mol. The minimum Gasteiger partial charge on any atom is -0.354 e. The number of benzene rings is 4. The van der Waals surface area contributed by atoms with E-state index in [1.165, 1.54) is 121 Å². The van der Waals surface area contributed by atoms with Crippen molar-refractivity contribution in [1.82, 2.24) is 19.9 Å². The second-order valence-corrected chi connectivity index (χ2v) is 19.9. The molecule has 20 heteroatoms. The summed E-state index contributed by atoms with van der Waals surface area (Å²) in [6.07, 6.45) is 6.08. The molecule has 2 aliphatic rings. The van der Waals surface area contributed by atoms with Crippen LogP contribution < -0.4 is 0 Å². The molecule has 0 fully saturated rings. The third kappa shape index (κ3) is 7.67. The molecule has 0 radical (unpaired) electrons. The van der Waals surface area contributed by atoms with Gasteiger partial charge in [0.15, 0.2) is 0 Å². The van der Waals surface area contributed by atoms with E-state index in [9.17, 15) is 51.9 Å². The molecule has 8 bridgehead atoms. The molecule has 0 atom stereocenters. The first kappa shape index (κ1) is 42.4. The molecule has 7 aromatic rings. The maximum atomic E-state index is 12.9. The molecular formula is C44H30N4O12S4. The summed E-state index contributed by atoms with van der Waals surface area (Å²) >= 11 is 0. The van der Waals surface area contributed by atoms with Crippen LogP contribution >= 0.6 is 0 Å². The van der Waals surface area contributed by atoms with Crippen LogP contribution in [0.3, 0.4) is 0 Å². The smallest absolute Gasteiger partial charge is 0.295 e. The first-order valence-electron chi connectivity index (χ1n) is 18.7. The largest absolute Gasteiger partial charge is 0.354 e. The first-order valence-corrected chi connectivity index (χ1v) is 24.5. The highest BCUT2D eigenvalue weighted by Gasteiger charge is 2.27. The average Bonchev–Trinajstić information content (AvgIpc) is 4.08. The van der Waals surface area contributed by atoms with Crippen LogP contribution in [0, 0.1) is 0 Å². The predicted octanol–water partition coefficient (Wildman–Crippen LogP) is 8.31. The third-order valence-electron chi connectivity index (χ3n) is 10.5. The van der Waals surface area contributed by atoms with Gasteiger partial charge in [-0.3, -0.25) is 18.2 Å². The number of nitrogens with one attached hydrogen (secondary N) is 2. The molecule has 0 saturated carbocycles. The van der Waals surface area contributed by atoms with Gasteiger partial charge in [-0.2, -0.15) is 33.7 Å². The van der Waals surface area contributed by atoms with Crippen LogP contribution in [-0.2, 0) is 40.5 Å². The van der Waals surface area contributed by atoms with Crippen LogP contribution in [-0.4, -0.2) is 71.8 Å². The van der Waals surface area contributed by atoms with E-state index in [2.05, 4.69) is 9.97 Å². The standard InChI is InChI=1S/C44H30N4O12S4/c49-61(50,51)37-13-5-1-9-25(37)41-29-17-19-31(45-29)42(26-10-2-6-14-38(26)62(52,53)54)33-21-23-35(47-33)44(28-12-4-8-16-40(28)64(58,59)60)36-24-22-34(48-36)43(32-20-18-30(41)46-32)27-11-3-7-15-39(27)63(55,56)57/h1-24,45,48H,(H,49,50,51)(H,52,53,54)(H,55,56,57)(H,58,59,60). The van der Waals surface area contributed by atoms with Crippen molar-refractivity contribution in [3.63, 3.8) is 0 Å². The topological polar surface area (TPSA) is 275 Å². The lowest BCUT2D eigenvalue weighted by Crippen LogP contribution is -2.02. The van der Waals surface area contributed by atoms with Gasteiger partial charge >= 0.3 is 0 Å². The summed E-state index contributed by atoms with van der Waals surface area (Å²) in [5.41, 5.74) is 1.54. The Morgan fingerprint density at radius 1 is 0.312 bits per heavy atom. The molecule has 0 unspecified atom stereocenters. The lowest BCUT2D eigenvalue weighted by Gasteiger charge is -2.11. The molecule has 322 valence electrons.